The van der Waals surface area contributed by atoms with Crippen LogP contribution in [0.4, 0.5) is 28.9 Å². The van der Waals surface area contributed by atoms with Crippen molar-refractivity contribution in [3.63, 3.8) is 0 Å². The summed E-state index contributed by atoms with van der Waals surface area (Å²) in [7, 11) is 4.20. The zero-order valence-electron chi connectivity index (χ0n) is 24.7. The van der Waals surface area contributed by atoms with Gasteiger partial charge < -0.3 is 34.5 Å². The van der Waals surface area contributed by atoms with E-state index in [1.165, 1.54) is 27.4 Å². The van der Waals surface area contributed by atoms with Gasteiger partial charge in [-0.25, -0.2) is 9.18 Å². The molecule has 1 aliphatic rings. The highest BCUT2D eigenvalue weighted by Gasteiger charge is 2.32. The summed E-state index contributed by atoms with van der Waals surface area (Å²) in [5.74, 6) is 5.55. The number of halogens is 4. The molecule has 0 amide bonds. The Morgan fingerprint density at radius 2 is 1.95 bits per heavy atom. The summed E-state index contributed by atoms with van der Waals surface area (Å²) in [6.07, 6.45) is -6.02. The number of aliphatic hydroxyl groups excluding tert-OH is 1. The molecule has 44 heavy (non-hydrogen) atoms. The number of β-amino-alcohol motifs (C(OH)–C–C–N with tert-alkyl or cyclic N) is 1. The van der Waals surface area contributed by atoms with Gasteiger partial charge in [0.15, 0.2) is 0 Å². The molecule has 2 unspecified atom stereocenters. The third-order valence-electron chi connectivity index (χ3n) is 7.28. The summed E-state index contributed by atoms with van der Waals surface area (Å²) in [5.41, 5.74) is 1.82. The highest BCUT2D eigenvalue weighted by Crippen LogP contribution is 2.32. The molecule has 13 heteroatoms. The number of benzene rings is 2. The first-order chi connectivity index (χ1) is 21.0. The highest BCUT2D eigenvalue weighted by atomic mass is 19.4. The van der Waals surface area contributed by atoms with Crippen LogP contribution >= 0.6 is 0 Å². The molecular formula is C31H36F4N4O5. The monoisotopic (exact) mass is 620 g/mol. The molecule has 0 saturated carbocycles. The Kier molecular flexibility index (Phi) is 11.0. The van der Waals surface area contributed by atoms with Crippen LogP contribution in [-0.2, 0) is 16.0 Å². The van der Waals surface area contributed by atoms with E-state index in [2.05, 4.69) is 22.5 Å². The maximum atomic E-state index is 15.2. The number of anilines is 2. The zero-order valence-corrected chi connectivity index (χ0v) is 24.7. The lowest BCUT2D eigenvalue weighted by Gasteiger charge is -2.36. The normalized spacial score (nSPS) is 17.9. The minimum absolute atomic E-state index is 0.0771. The Morgan fingerprint density at radius 3 is 2.64 bits per heavy atom. The van der Waals surface area contributed by atoms with E-state index in [1.54, 1.807) is 36.4 Å². The summed E-state index contributed by atoms with van der Waals surface area (Å²) < 4.78 is 72.1. The van der Waals surface area contributed by atoms with Gasteiger partial charge in [-0.2, -0.15) is 13.2 Å². The van der Waals surface area contributed by atoms with E-state index in [-0.39, 0.29) is 25.4 Å². The van der Waals surface area contributed by atoms with Crippen LogP contribution in [0, 0.1) is 11.8 Å². The second-order valence-electron chi connectivity index (χ2n) is 10.5. The summed E-state index contributed by atoms with van der Waals surface area (Å²) >= 11 is 0. The van der Waals surface area contributed by atoms with E-state index >= 15 is 4.39 Å². The number of methoxy groups -OCH3 is 3. The van der Waals surface area contributed by atoms with Crippen molar-refractivity contribution in [2.75, 3.05) is 64.7 Å². The molecule has 0 aliphatic carbocycles. The second-order valence-corrected chi connectivity index (χ2v) is 10.5. The fraction of sp³-hybridized carbons (Fsp3) is 0.452. The number of alkyl halides is 4. The number of aliphatic hydroxyl groups is 1. The summed E-state index contributed by atoms with van der Waals surface area (Å²) in [4.78, 5) is 13.6. The average molecular weight is 621 g/mol. The molecule has 0 radical (unpaired) electrons. The average Bonchev–Trinajstić information content (AvgIpc) is 3.32. The quantitative estimate of drug-likeness (QED) is 0.166. The smallest absolute Gasteiger partial charge is 0.406 e. The van der Waals surface area contributed by atoms with Crippen LogP contribution in [0.3, 0.4) is 0 Å². The van der Waals surface area contributed by atoms with Gasteiger partial charge in [0.1, 0.15) is 18.5 Å². The summed E-state index contributed by atoms with van der Waals surface area (Å²) in [6.45, 7) is -0.0554. The van der Waals surface area contributed by atoms with Crippen molar-refractivity contribution < 1.29 is 41.7 Å². The molecule has 9 nitrogen and oxygen atoms in total. The third-order valence-corrected chi connectivity index (χ3v) is 7.28. The first-order valence-corrected chi connectivity index (χ1v) is 14.0. The predicted molar refractivity (Wildman–Crippen MR) is 159 cm³/mol. The minimum atomic E-state index is -4.50. The number of rotatable bonds is 11. The van der Waals surface area contributed by atoms with Crippen LogP contribution < -0.4 is 15.4 Å². The molecule has 0 bridgehead atoms. The number of carbonyl (C=O) groups is 1. The van der Waals surface area contributed by atoms with Gasteiger partial charge in [-0.15, -0.1) is 0 Å². The number of carbonyl (C=O) groups excluding carboxylic acids is 1. The number of hydrogen-bond acceptors (Lipinski definition) is 8. The van der Waals surface area contributed by atoms with Crippen LogP contribution in [0.5, 0.6) is 5.75 Å². The van der Waals surface area contributed by atoms with Crippen molar-refractivity contribution in [1.29, 1.82) is 0 Å². The molecular weight excluding hydrogens is 584 g/mol. The standard InChI is InChI=1S/C31H36F4N4O5/c1-42-18-22(40)16-38-13-11-26(24(32)17-38)37-25-7-4-8-28-23(25)15-21(39(28)19-31(33,34)35)6-5-12-36-27-10-9-20(30(41)44-3)14-29(27)43-2/h4,7-10,14-15,22,24,26,36-37,40H,11-13,16-19H2,1-3H3/t22-,24?,26?/m1/s1. The second kappa shape index (κ2) is 14.7. The fourth-order valence-electron chi connectivity index (χ4n) is 5.26. The van der Waals surface area contributed by atoms with E-state index in [4.69, 9.17) is 14.2 Å². The van der Waals surface area contributed by atoms with Gasteiger partial charge >= 0.3 is 12.1 Å². The van der Waals surface area contributed by atoms with Gasteiger partial charge in [0.2, 0.25) is 0 Å². The molecule has 1 saturated heterocycles. The van der Waals surface area contributed by atoms with Crippen LogP contribution in [0.2, 0.25) is 0 Å². The number of esters is 1. The highest BCUT2D eigenvalue weighted by molar-refractivity contribution is 5.94. The number of fused-ring (bicyclic) bond motifs is 1. The minimum Gasteiger partial charge on any atom is -0.495 e. The number of aromatic nitrogens is 1. The molecule has 1 fully saturated rings. The van der Waals surface area contributed by atoms with Crippen molar-refractivity contribution >= 4 is 28.2 Å². The number of nitrogens with one attached hydrogen (secondary N) is 2. The van der Waals surface area contributed by atoms with Gasteiger partial charge in [0.25, 0.3) is 0 Å². The molecule has 3 atom stereocenters. The first kappa shape index (κ1) is 32.9. The van der Waals surface area contributed by atoms with Gasteiger partial charge in [-0.3, -0.25) is 4.90 Å². The lowest BCUT2D eigenvalue weighted by molar-refractivity contribution is -0.140. The van der Waals surface area contributed by atoms with Crippen LogP contribution in [0.1, 0.15) is 22.5 Å². The van der Waals surface area contributed by atoms with Gasteiger partial charge in [0.05, 0.1) is 62.0 Å². The number of hydrogen-bond donors (Lipinski definition) is 3. The number of ether oxygens (including phenoxy) is 3. The Hall–Kier alpha value is -3.99. The van der Waals surface area contributed by atoms with Gasteiger partial charge in [0, 0.05) is 37.8 Å². The van der Waals surface area contributed by atoms with Crippen LogP contribution in [0.25, 0.3) is 10.9 Å². The molecule has 2 heterocycles. The van der Waals surface area contributed by atoms with Crippen molar-refractivity contribution in [1.82, 2.24) is 9.47 Å². The van der Waals surface area contributed by atoms with Crippen molar-refractivity contribution in [3.05, 3.63) is 53.7 Å². The molecule has 2 aromatic carbocycles. The molecule has 0 spiro atoms. The molecule has 3 aromatic rings. The van der Waals surface area contributed by atoms with Crippen LogP contribution in [-0.4, -0.2) is 99.2 Å². The molecule has 1 aromatic heterocycles. The topological polar surface area (TPSA) is 97.2 Å². The van der Waals surface area contributed by atoms with Gasteiger partial charge in [-0.05, 0) is 48.7 Å². The molecule has 238 valence electrons. The Bertz CT molecular complexity index is 1500. The van der Waals surface area contributed by atoms with Crippen LogP contribution in [0.15, 0.2) is 42.5 Å². The summed E-state index contributed by atoms with van der Waals surface area (Å²) in [5, 5.41) is 16.7. The Labute approximate surface area is 253 Å². The Morgan fingerprint density at radius 1 is 1.16 bits per heavy atom. The summed E-state index contributed by atoms with van der Waals surface area (Å²) in [6, 6.07) is 10.6. The molecule has 4 rings (SSSR count). The van der Waals surface area contributed by atoms with Crippen molar-refractivity contribution in [2.45, 2.75) is 37.5 Å². The number of nitrogens with zero attached hydrogens (tertiary/aromatic N) is 2. The Balaban J connectivity index is 1.53. The SMILES string of the molecule is COC[C@H](O)CN1CCC(Nc2cccc3c2cc(C#CCNc2ccc(C(=O)OC)cc2OC)n3CC(F)(F)F)C(F)C1. The van der Waals surface area contributed by atoms with E-state index in [0.29, 0.717) is 53.1 Å². The molecule has 3 N–H and O–H groups in total. The third kappa shape index (κ3) is 8.34. The number of piperidine rings is 1. The number of likely N-dealkylation sites (tertiary alicyclic amines) is 1. The van der Waals surface area contributed by atoms with E-state index in [1.807, 2.05) is 4.90 Å². The largest absolute Gasteiger partial charge is 0.495 e. The van der Waals surface area contributed by atoms with E-state index in [0.717, 1.165) is 4.57 Å². The van der Waals surface area contributed by atoms with Gasteiger partial charge in [-0.1, -0.05) is 12.0 Å². The maximum absolute atomic E-state index is 15.2. The van der Waals surface area contributed by atoms with E-state index in [9.17, 15) is 23.1 Å². The maximum Gasteiger partial charge on any atom is 0.406 e. The fourth-order valence-corrected chi connectivity index (χ4v) is 5.26. The first-order valence-electron chi connectivity index (χ1n) is 14.0. The van der Waals surface area contributed by atoms with Crippen molar-refractivity contribution in [3.8, 4) is 17.6 Å². The lowest BCUT2D eigenvalue weighted by atomic mass is 10.0. The van der Waals surface area contributed by atoms with E-state index < -0.39 is 37.0 Å². The zero-order chi connectivity index (χ0) is 31.9. The molecule has 1 aliphatic heterocycles. The predicted octanol–water partition coefficient (Wildman–Crippen LogP) is 4.29. The van der Waals surface area contributed by atoms with Crippen molar-refractivity contribution in [2.24, 2.45) is 0 Å². The lowest BCUT2D eigenvalue weighted by Crippen LogP contribution is -2.50.